The number of amides is 1. The third-order valence-electron chi connectivity index (χ3n) is 6.64. The van der Waals surface area contributed by atoms with Crippen molar-refractivity contribution in [3.05, 3.63) is 81.3 Å². The van der Waals surface area contributed by atoms with Gasteiger partial charge in [0.25, 0.3) is 5.91 Å². The molecule has 0 aliphatic carbocycles. The number of hydrogen-bond donors (Lipinski definition) is 0. The van der Waals surface area contributed by atoms with Gasteiger partial charge in [-0.1, -0.05) is 62.1 Å². The summed E-state index contributed by atoms with van der Waals surface area (Å²) in [5, 5.41) is 0.670. The van der Waals surface area contributed by atoms with E-state index in [2.05, 4.69) is 36.8 Å². The molecular formula is C32H44N2O6SSi. The van der Waals surface area contributed by atoms with Crippen LogP contribution in [0.15, 0.2) is 54.6 Å². The van der Waals surface area contributed by atoms with E-state index in [9.17, 15) is 9.59 Å². The molecule has 0 radical (unpaired) electrons. The molecule has 3 aromatic rings. The summed E-state index contributed by atoms with van der Waals surface area (Å²) in [6.07, 6.45) is 0.709. The minimum absolute atomic E-state index is 0.00807. The second-order valence-corrected chi connectivity index (χ2v) is 18.1. The summed E-state index contributed by atoms with van der Waals surface area (Å²) in [4.78, 5) is 33.7. The summed E-state index contributed by atoms with van der Waals surface area (Å²) in [6.45, 7) is 12.1. The van der Waals surface area contributed by atoms with E-state index in [1.165, 1.54) is 16.9 Å². The highest BCUT2D eigenvalue weighted by molar-refractivity contribution is 7.11. The zero-order valence-corrected chi connectivity index (χ0v) is 27.5. The van der Waals surface area contributed by atoms with Gasteiger partial charge in [0.05, 0.1) is 20.3 Å². The summed E-state index contributed by atoms with van der Waals surface area (Å²) in [6, 6.07) is 18.5. The Balaban J connectivity index is 1.83. The minimum Gasteiger partial charge on any atom is -0.497 e. The zero-order chi connectivity index (χ0) is 30.5. The molecule has 0 aliphatic rings. The van der Waals surface area contributed by atoms with E-state index in [4.69, 9.17) is 18.9 Å². The molecule has 1 heterocycles. The van der Waals surface area contributed by atoms with Gasteiger partial charge < -0.3 is 23.8 Å². The Kier molecular flexibility index (Phi) is 13.2. The molecular weight excluding hydrogens is 569 g/mol. The van der Waals surface area contributed by atoms with Crippen LogP contribution in [-0.2, 0) is 32.0 Å². The van der Waals surface area contributed by atoms with Gasteiger partial charge in [-0.2, -0.15) is 0 Å². The van der Waals surface area contributed by atoms with Gasteiger partial charge in [0.15, 0.2) is 11.8 Å². The van der Waals surface area contributed by atoms with Gasteiger partial charge in [-0.05, 0) is 56.0 Å². The lowest BCUT2D eigenvalue weighted by atomic mass is 10.1. The molecule has 0 N–H and O–H groups in total. The third kappa shape index (κ3) is 10.7. The number of methoxy groups -OCH3 is 1. The van der Waals surface area contributed by atoms with Crippen molar-refractivity contribution in [1.29, 1.82) is 0 Å². The Hall–Kier alpha value is -3.05. The van der Waals surface area contributed by atoms with Crippen LogP contribution >= 0.6 is 11.3 Å². The van der Waals surface area contributed by atoms with Crippen LogP contribution in [0.4, 0.5) is 0 Å². The number of aryl methyl sites for hydroxylation is 2. The van der Waals surface area contributed by atoms with E-state index in [0.29, 0.717) is 35.2 Å². The lowest BCUT2D eigenvalue weighted by molar-refractivity contribution is -0.155. The Labute approximate surface area is 255 Å². The molecule has 0 fully saturated rings. The number of rotatable bonds is 17. The third-order valence-corrected chi connectivity index (χ3v) is 9.30. The van der Waals surface area contributed by atoms with Crippen molar-refractivity contribution in [2.45, 2.75) is 65.0 Å². The highest BCUT2D eigenvalue weighted by Gasteiger charge is 2.29. The topological polar surface area (TPSA) is 87.2 Å². The van der Waals surface area contributed by atoms with Crippen molar-refractivity contribution >= 4 is 31.3 Å². The van der Waals surface area contributed by atoms with Gasteiger partial charge in [0, 0.05) is 26.1 Å². The van der Waals surface area contributed by atoms with E-state index in [0.717, 1.165) is 23.8 Å². The lowest BCUT2D eigenvalue weighted by Crippen LogP contribution is -2.37. The van der Waals surface area contributed by atoms with Crippen molar-refractivity contribution in [3.8, 4) is 5.75 Å². The van der Waals surface area contributed by atoms with Crippen molar-refractivity contribution in [1.82, 2.24) is 9.88 Å². The van der Waals surface area contributed by atoms with Crippen molar-refractivity contribution in [2.75, 3.05) is 33.7 Å². The van der Waals surface area contributed by atoms with Crippen LogP contribution in [-0.4, -0.2) is 63.5 Å². The smallest absolute Gasteiger partial charge is 0.358 e. The van der Waals surface area contributed by atoms with Gasteiger partial charge in [0.2, 0.25) is 0 Å². The molecule has 0 saturated heterocycles. The van der Waals surface area contributed by atoms with Crippen LogP contribution in [0, 0.1) is 6.92 Å². The van der Waals surface area contributed by atoms with Crippen molar-refractivity contribution < 1.29 is 28.5 Å². The SMILES string of the molecule is CCOC(=O)c1nc(CN(CCCc2ccccc2)C(=O)[C@H](OCOCC[Si](C)(C)C)c2ccc(OC)cc2)sc1C. The highest BCUT2D eigenvalue weighted by atomic mass is 32.1. The van der Waals surface area contributed by atoms with Crippen LogP contribution in [0.2, 0.25) is 25.7 Å². The molecule has 0 bridgehead atoms. The molecule has 0 saturated carbocycles. The fraction of sp³-hybridized carbons (Fsp3) is 0.469. The first kappa shape index (κ1) is 33.4. The number of thiazole rings is 1. The van der Waals surface area contributed by atoms with Crippen molar-refractivity contribution in [3.63, 3.8) is 0 Å². The summed E-state index contributed by atoms with van der Waals surface area (Å²) in [5.74, 6) is 0.0581. The molecule has 228 valence electrons. The van der Waals surface area contributed by atoms with E-state index < -0.39 is 20.1 Å². The fourth-order valence-electron chi connectivity index (χ4n) is 4.26. The number of ether oxygens (including phenoxy) is 4. The van der Waals surface area contributed by atoms with Crippen LogP contribution in [0.3, 0.4) is 0 Å². The van der Waals surface area contributed by atoms with E-state index in [1.807, 2.05) is 49.4 Å². The van der Waals surface area contributed by atoms with E-state index in [1.54, 1.807) is 18.9 Å². The molecule has 2 aromatic carbocycles. The maximum absolute atomic E-state index is 14.2. The van der Waals surface area contributed by atoms with E-state index in [-0.39, 0.29) is 25.9 Å². The normalized spacial score (nSPS) is 12.1. The molecule has 1 atom stereocenters. The number of carbonyl (C=O) groups excluding carboxylic acids is 2. The van der Waals surface area contributed by atoms with Crippen LogP contribution in [0.1, 0.15) is 50.9 Å². The number of carbonyl (C=O) groups is 2. The van der Waals surface area contributed by atoms with Gasteiger partial charge in [-0.15, -0.1) is 11.3 Å². The Morgan fingerprint density at radius 2 is 1.76 bits per heavy atom. The van der Waals surface area contributed by atoms with Gasteiger partial charge in [0.1, 0.15) is 17.6 Å². The monoisotopic (exact) mass is 612 g/mol. The molecule has 1 amide bonds. The van der Waals surface area contributed by atoms with Crippen LogP contribution in [0.25, 0.3) is 0 Å². The number of nitrogens with zero attached hydrogens (tertiary/aromatic N) is 2. The molecule has 0 aliphatic heterocycles. The highest BCUT2D eigenvalue weighted by Crippen LogP contribution is 2.26. The van der Waals surface area contributed by atoms with Crippen LogP contribution in [0.5, 0.6) is 5.75 Å². The number of hydrogen-bond acceptors (Lipinski definition) is 8. The largest absolute Gasteiger partial charge is 0.497 e. The molecule has 0 spiro atoms. The van der Waals surface area contributed by atoms with Gasteiger partial charge >= 0.3 is 5.97 Å². The quantitative estimate of drug-likeness (QED) is 0.0728. The first-order valence-corrected chi connectivity index (χ1v) is 18.9. The first-order valence-electron chi connectivity index (χ1n) is 14.4. The Bertz CT molecular complexity index is 1260. The average Bonchev–Trinajstić information content (AvgIpc) is 3.34. The maximum atomic E-state index is 14.2. The summed E-state index contributed by atoms with van der Waals surface area (Å²) >= 11 is 1.40. The standard InChI is InChI=1S/C32H44N2O6SSi/c1-7-39-32(36)29-24(2)41-28(33-29)22-34(19-11-14-25-12-9-8-10-13-25)31(35)30(26-15-17-27(37-3)18-16-26)40-23-38-20-21-42(4,5)6/h8-10,12-13,15-18,30H,7,11,14,19-23H2,1-6H3/t30-/m1/s1. The maximum Gasteiger partial charge on any atom is 0.358 e. The van der Waals surface area contributed by atoms with Crippen molar-refractivity contribution in [2.24, 2.45) is 0 Å². The predicted molar refractivity (Wildman–Crippen MR) is 169 cm³/mol. The summed E-state index contributed by atoms with van der Waals surface area (Å²) in [7, 11) is 0.347. The fourth-order valence-corrected chi connectivity index (χ4v) is 5.96. The molecule has 0 unspecified atom stereocenters. The van der Waals surface area contributed by atoms with Gasteiger partial charge in [-0.3, -0.25) is 4.79 Å². The molecule has 3 rings (SSSR count). The van der Waals surface area contributed by atoms with Crippen LogP contribution < -0.4 is 4.74 Å². The first-order chi connectivity index (χ1) is 20.1. The zero-order valence-electron chi connectivity index (χ0n) is 25.7. The number of esters is 1. The Morgan fingerprint density at radius 3 is 2.40 bits per heavy atom. The lowest BCUT2D eigenvalue weighted by Gasteiger charge is -2.27. The molecule has 1 aromatic heterocycles. The second-order valence-electron chi connectivity index (χ2n) is 11.2. The molecule has 10 heteroatoms. The second kappa shape index (κ2) is 16.5. The summed E-state index contributed by atoms with van der Waals surface area (Å²) in [5.41, 5.74) is 2.22. The number of aromatic nitrogens is 1. The predicted octanol–water partition coefficient (Wildman–Crippen LogP) is 6.67. The van der Waals surface area contributed by atoms with Gasteiger partial charge in [-0.25, -0.2) is 9.78 Å². The minimum atomic E-state index is -1.26. The Morgan fingerprint density at radius 1 is 1.05 bits per heavy atom. The molecule has 8 nitrogen and oxygen atoms in total. The summed E-state index contributed by atoms with van der Waals surface area (Å²) < 4.78 is 22.4. The average molecular weight is 613 g/mol. The van der Waals surface area contributed by atoms with E-state index >= 15 is 0 Å². The number of benzene rings is 2. The molecule has 42 heavy (non-hydrogen) atoms.